The van der Waals surface area contributed by atoms with E-state index < -0.39 is 9.84 Å². The molecule has 1 fully saturated rings. The van der Waals surface area contributed by atoms with Crippen LogP contribution >= 0.6 is 0 Å². The molecule has 1 heterocycles. The highest BCUT2D eigenvalue weighted by Crippen LogP contribution is 2.18. The molecule has 0 radical (unpaired) electrons. The minimum atomic E-state index is -2.77. The summed E-state index contributed by atoms with van der Waals surface area (Å²) < 4.78 is 22.9. The lowest BCUT2D eigenvalue weighted by Crippen LogP contribution is -2.44. The highest BCUT2D eigenvalue weighted by Gasteiger charge is 2.32. The Hall–Kier alpha value is -0.130. The minimum absolute atomic E-state index is 0.204. The predicted molar refractivity (Wildman–Crippen MR) is 72.0 cm³/mol. The lowest BCUT2D eigenvalue weighted by Gasteiger charge is -2.30. The summed E-state index contributed by atoms with van der Waals surface area (Å²) in [5.74, 6) is 1.34. The van der Waals surface area contributed by atoms with Crippen LogP contribution in [0.15, 0.2) is 0 Å². The smallest absolute Gasteiger partial charge is 0.151 e. The topological polar surface area (TPSA) is 49.4 Å². The molecule has 1 N–H and O–H groups in total. The molecule has 0 aromatic heterocycles. The maximum Gasteiger partial charge on any atom is 0.151 e. The molecule has 0 bridgehead atoms. The SMILES string of the molecule is CC(C)CNCC(C)N(C)C1CCS(=O)(=O)C1. The number of rotatable bonds is 6. The summed E-state index contributed by atoms with van der Waals surface area (Å²) in [5, 5.41) is 3.42. The van der Waals surface area contributed by atoms with Gasteiger partial charge in [-0.2, -0.15) is 0 Å². The molecule has 0 aromatic carbocycles. The van der Waals surface area contributed by atoms with Gasteiger partial charge in [0.1, 0.15) is 0 Å². The van der Waals surface area contributed by atoms with Gasteiger partial charge in [-0.15, -0.1) is 0 Å². The third kappa shape index (κ3) is 4.94. The van der Waals surface area contributed by atoms with Crippen molar-refractivity contribution in [1.29, 1.82) is 0 Å². The summed E-state index contributed by atoms with van der Waals surface area (Å²) >= 11 is 0. The van der Waals surface area contributed by atoms with Gasteiger partial charge >= 0.3 is 0 Å². The highest BCUT2D eigenvalue weighted by atomic mass is 32.2. The van der Waals surface area contributed by atoms with Crippen molar-refractivity contribution < 1.29 is 8.42 Å². The van der Waals surface area contributed by atoms with E-state index in [0.717, 1.165) is 19.5 Å². The standard InChI is InChI=1S/C12H26N2O2S/c1-10(2)7-13-8-11(3)14(4)12-5-6-17(15,16)9-12/h10-13H,5-9H2,1-4H3. The van der Waals surface area contributed by atoms with Crippen LogP contribution in [-0.4, -0.2) is 57.0 Å². The van der Waals surface area contributed by atoms with E-state index in [1.54, 1.807) is 0 Å². The Morgan fingerprint density at radius 1 is 1.29 bits per heavy atom. The average Bonchev–Trinajstić information content (AvgIpc) is 2.57. The quantitative estimate of drug-likeness (QED) is 0.767. The monoisotopic (exact) mass is 262 g/mol. The van der Waals surface area contributed by atoms with Crippen molar-refractivity contribution in [3.63, 3.8) is 0 Å². The zero-order chi connectivity index (χ0) is 13.1. The van der Waals surface area contributed by atoms with Crippen molar-refractivity contribution >= 4 is 9.84 Å². The maximum atomic E-state index is 11.4. The van der Waals surface area contributed by atoms with Crippen molar-refractivity contribution in [2.75, 3.05) is 31.6 Å². The maximum absolute atomic E-state index is 11.4. The Kier molecular flexibility index (Phi) is 5.41. The van der Waals surface area contributed by atoms with Gasteiger partial charge in [0.25, 0.3) is 0 Å². The zero-order valence-corrected chi connectivity index (χ0v) is 12.3. The number of sulfone groups is 1. The summed E-state index contributed by atoms with van der Waals surface area (Å²) in [4.78, 5) is 2.21. The second kappa shape index (κ2) is 6.16. The third-order valence-corrected chi connectivity index (χ3v) is 5.22. The molecule has 0 amide bonds. The summed E-state index contributed by atoms with van der Waals surface area (Å²) in [7, 11) is -0.735. The number of hydrogen-bond donors (Lipinski definition) is 1. The Morgan fingerprint density at radius 3 is 2.41 bits per heavy atom. The molecule has 0 saturated carbocycles. The van der Waals surface area contributed by atoms with Crippen LogP contribution in [-0.2, 0) is 9.84 Å². The molecule has 17 heavy (non-hydrogen) atoms. The fourth-order valence-corrected chi connectivity index (χ4v) is 3.97. The van der Waals surface area contributed by atoms with Crippen LogP contribution in [0.5, 0.6) is 0 Å². The average molecular weight is 262 g/mol. The second-order valence-electron chi connectivity index (χ2n) is 5.62. The van der Waals surface area contributed by atoms with Gasteiger partial charge in [-0.1, -0.05) is 13.8 Å². The van der Waals surface area contributed by atoms with Crippen LogP contribution < -0.4 is 5.32 Å². The largest absolute Gasteiger partial charge is 0.315 e. The molecular formula is C12H26N2O2S. The lowest BCUT2D eigenvalue weighted by atomic mass is 10.1. The first kappa shape index (κ1) is 14.9. The van der Waals surface area contributed by atoms with E-state index in [1.165, 1.54) is 0 Å². The second-order valence-corrected chi connectivity index (χ2v) is 7.85. The molecule has 0 aromatic rings. The third-order valence-electron chi connectivity index (χ3n) is 3.47. The highest BCUT2D eigenvalue weighted by molar-refractivity contribution is 7.91. The molecule has 1 rings (SSSR count). The Labute approximate surface area is 106 Å². The van der Waals surface area contributed by atoms with Crippen LogP contribution in [0.2, 0.25) is 0 Å². The fourth-order valence-electron chi connectivity index (χ4n) is 2.18. The minimum Gasteiger partial charge on any atom is -0.315 e. The van der Waals surface area contributed by atoms with Crippen molar-refractivity contribution in [2.24, 2.45) is 5.92 Å². The van der Waals surface area contributed by atoms with E-state index in [1.807, 2.05) is 7.05 Å². The van der Waals surface area contributed by atoms with Crippen LogP contribution in [0, 0.1) is 5.92 Å². The lowest BCUT2D eigenvalue weighted by molar-refractivity contribution is 0.194. The van der Waals surface area contributed by atoms with Gasteiger partial charge < -0.3 is 5.32 Å². The van der Waals surface area contributed by atoms with Crippen molar-refractivity contribution in [3.05, 3.63) is 0 Å². The Balaban J connectivity index is 2.34. The van der Waals surface area contributed by atoms with E-state index in [-0.39, 0.29) is 6.04 Å². The van der Waals surface area contributed by atoms with E-state index in [9.17, 15) is 8.42 Å². The van der Waals surface area contributed by atoms with Crippen molar-refractivity contribution in [3.8, 4) is 0 Å². The molecule has 0 aliphatic carbocycles. The van der Waals surface area contributed by atoms with Crippen LogP contribution in [0.3, 0.4) is 0 Å². The van der Waals surface area contributed by atoms with E-state index in [2.05, 4.69) is 31.0 Å². The summed E-state index contributed by atoms with van der Waals surface area (Å²) in [5.41, 5.74) is 0. The van der Waals surface area contributed by atoms with Crippen molar-refractivity contribution in [2.45, 2.75) is 39.3 Å². The van der Waals surface area contributed by atoms with Gasteiger partial charge in [0.15, 0.2) is 9.84 Å². The van der Waals surface area contributed by atoms with Gasteiger partial charge in [-0.25, -0.2) is 8.42 Å². The van der Waals surface area contributed by atoms with Gasteiger partial charge in [0.05, 0.1) is 11.5 Å². The van der Waals surface area contributed by atoms with E-state index in [4.69, 9.17) is 0 Å². The van der Waals surface area contributed by atoms with Crippen LogP contribution in [0.25, 0.3) is 0 Å². The summed E-state index contributed by atoms with van der Waals surface area (Å²) in [6.45, 7) is 8.46. The van der Waals surface area contributed by atoms with Gasteiger partial charge in [-0.3, -0.25) is 4.90 Å². The number of nitrogens with one attached hydrogen (secondary N) is 1. The molecule has 0 spiro atoms. The van der Waals surface area contributed by atoms with E-state index in [0.29, 0.717) is 23.5 Å². The molecule has 1 aliphatic heterocycles. The summed E-state index contributed by atoms with van der Waals surface area (Å²) in [6, 6.07) is 0.586. The normalized spacial score (nSPS) is 25.6. The van der Waals surface area contributed by atoms with Crippen LogP contribution in [0.4, 0.5) is 0 Å². The first-order chi connectivity index (χ1) is 7.82. The van der Waals surface area contributed by atoms with Gasteiger partial charge in [-0.05, 0) is 32.9 Å². The molecule has 4 nitrogen and oxygen atoms in total. The van der Waals surface area contributed by atoms with Gasteiger partial charge in [0, 0.05) is 18.6 Å². The van der Waals surface area contributed by atoms with Crippen LogP contribution in [0.1, 0.15) is 27.2 Å². The summed E-state index contributed by atoms with van der Waals surface area (Å²) in [6.07, 6.45) is 0.785. The molecule has 2 unspecified atom stereocenters. The first-order valence-corrected chi connectivity index (χ1v) is 8.27. The fraction of sp³-hybridized carbons (Fsp3) is 1.00. The zero-order valence-electron chi connectivity index (χ0n) is 11.4. The molecular weight excluding hydrogens is 236 g/mol. The molecule has 5 heteroatoms. The van der Waals surface area contributed by atoms with Crippen molar-refractivity contribution in [1.82, 2.24) is 10.2 Å². The Bertz CT molecular complexity index is 327. The molecule has 1 aliphatic rings. The van der Waals surface area contributed by atoms with E-state index >= 15 is 0 Å². The van der Waals surface area contributed by atoms with Gasteiger partial charge in [0.2, 0.25) is 0 Å². The molecule has 1 saturated heterocycles. The molecule has 2 atom stereocenters. The predicted octanol–water partition coefficient (Wildman–Crippen LogP) is 0.739. The number of likely N-dealkylation sites (N-methyl/N-ethyl adjacent to an activating group) is 1. The molecule has 102 valence electrons. The Morgan fingerprint density at radius 2 is 1.94 bits per heavy atom. The number of nitrogens with zero attached hydrogens (tertiary/aromatic N) is 1. The number of hydrogen-bond acceptors (Lipinski definition) is 4. The first-order valence-electron chi connectivity index (χ1n) is 6.45.